The van der Waals surface area contributed by atoms with E-state index in [0.717, 1.165) is 56.4 Å². The van der Waals surface area contributed by atoms with Gasteiger partial charge in [-0.25, -0.2) is 4.98 Å². The van der Waals surface area contributed by atoms with E-state index in [1.54, 1.807) is 0 Å². The van der Waals surface area contributed by atoms with Crippen LogP contribution in [-0.2, 0) is 13.1 Å². The molecule has 1 aliphatic rings. The Kier molecular flexibility index (Phi) is 3.61. The zero-order valence-electron chi connectivity index (χ0n) is 11.3. The van der Waals surface area contributed by atoms with Gasteiger partial charge in [0, 0.05) is 44.5 Å². The molecule has 0 aromatic carbocycles. The predicted molar refractivity (Wildman–Crippen MR) is 73.6 cm³/mol. The minimum Gasteiger partial charge on any atom is -0.341 e. The average molecular weight is 260 g/mol. The molecule has 3 heterocycles. The molecule has 0 bridgehead atoms. The molecule has 6 nitrogen and oxygen atoms in total. The maximum Gasteiger partial charge on any atom is 0.120 e. The summed E-state index contributed by atoms with van der Waals surface area (Å²) in [5, 5.41) is 7.64. The molecule has 0 saturated carbocycles. The first-order valence-electron chi connectivity index (χ1n) is 6.85. The Bertz CT molecular complexity index is 523. The molecular weight excluding hydrogens is 240 g/mol. The van der Waals surface area contributed by atoms with Crippen LogP contribution in [0.15, 0.2) is 18.6 Å². The average Bonchev–Trinajstić information content (AvgIpc) is 3.08. The maximum atomic E-state index is 4.47. The second-order valence-corrected chi connectivity index (χ2v) is 4.85. The van der Waals surface area contributed by atoms with Gasteiger partial charge in [0.15, 0.2) is 0 Å². The van der Waals surface area contributed by atoms with E-state index in [2.05, 4.69) is 32.2 Å². The summed E-state index contributed by atoms with van der Waals surface area (Å²) in [5.74, 6) is 1.03. The molecule has 0 radical (unpaired) electrons. The van der Waals surface area contributed by atoms with Crippen LogP contribution in [0.3, 0.4) is 0 Å². The number of nitrogens with zero attached hydrogens (tertiary/aromatic N) is 4. The van der Waals surface area contributed by atoms with Gasteiger partial charge in [-0.3, -0.25) is 9.58 Å². The van der Waals surface area contributed by atoms with Crippen LogP contribution in [0, 0.1) is 0 Å². The molecule has 102 valence electrons. The fourth-order valence-electron chi connectivity index (χ4n) is 2.35. The number of hydrogen-bond acceptors (Lipinski definition) is 4. The Balaban J connectivity index is 1.68. The summed E-state index contributed by atoms with van der Waals surface area (Å²) in [6.45, 7) is 8.17. The normalized spacial score (nSPS) is 16.9. The standard InChI is InChI=1S/C13H20N6/c1-2-19-9-11(7-16-19)12-8-15-13(17-12)10-18-5-3-14-4-6-18/h7-9,14H,2-6,10H2,1H3,(H,15,17). The number of aromatic nitrogens is 4. The van der Waals surface area contributed by atoms with Gasteiger partial charge in [0.25, 0.3) is 0 Å². The van der Waals surface area contributed by atoms with E-state index in [1.165, 1.54) is 0 Å². The van der Waals surface area contributed by atoms with Crippen molar-refractivity contribution in [1.82, 2.24) is 30.0 Å². The first kappa shape index (κ1) is 12.4. The molecule has 19 heavy (non-hydrogen) atoms. The van der Waals surface area contributed by atoms with Crippen molar-refractivity contribution in [3.63, 3.8) is 0 Å². The van der Waals surface area contributed by atoms with Crippen molar-refractivity contribution in [2.24, 2.45) is 0 Å². The Labute approximate surface area is 112 Å². The summed E-state index contributed by atoms with van der Waals surface area (Å²) in [5.41, 5.74) is 2.14. The highest BCUT2D eigenvalue weighted by Crippen LogP contribution is 2.16. The molecular formula is C13H20N6. The maximum absolute atomic E-state index is 4.47. The fourth-order valence-corrected chi connectivity index (χ4v) is 2.35. The van der Waals surface area contributed by atoms with Crippen molar-refractivity contribution < 1.29 is 0 Å². The molecule has 0 spiro atoms. The van der Waals surface area contributed by atoms with Gasteiger partial charge in [-0.05, 0) is 6.92 Å². The summed E-state index contributed by atoms with van der Waals surface area (Å²) < 4.78 is 1.92. The van der Waals surface area contributed by atoms with Crippen molar-refractivity contribution in [2.75, 3.05) is 26.2 Å². The summed E-state index contributed by atoms with van der Waals surface area (Å²) >= 11 is 0. The molecule has 6 heteroatoms. The molecule has 2 aromatic heterocycles. The lowest BCUT2D eigenvalue weighted by molar-refractivity contribution is 0.228. The monoisotopic (exact) mass is 260 g/mol. The molecule has 3 rings (SSSR count). The van der Waals surface area contributed by atoms with Crippen LogP contribution in [0.4, 0.5) is 0 Å². The van der Waals surface area contributed by atoms with Crippen LogP contribution in [0.25, 0.3) is 11.3 Å². The minimum atomic E-state index is 0.891. The lowest BCUT2D eigenvalue weighted by atomic mass is 10.3. The van der Waals surface area contributed by atoms with E-state index in [-0.39, 0.29) is 0 Å². The van der Waals surface area contributed by atoms with E-state index in [9.17, 15) is 0 Å². The van der Waals surface area contributed by atoms with E-state index in [1.807, 2.05) is 23.3 Å². The topological polar surface area (TPSA) is 61.8 Å². The van der Waals surface area contributed by atoms with Gasteiger partial charge in [-0.15, -0.1) is 0 Å². The van der Waals surface area contributed by atoms with Crippen molar-refractivity contribution in [3.8, 4) is 11.3 Å². The second-order valence-electron chi connectivity index (χ2n) is 4.85. The predicted octanol–water partition coefficient (Wildman–Crippen LogP) is 0.698. The number of H-pyrrole nitrogens is 1. The second kappa shape index (κ2) is 5.54. The van der Waals surface area contributed by atoms with E-state index in [0.29, 0.717) is 0 Å². The highest BCUT2D eigenvalue weighted by Gasteiger charge is 2.12. The largest absolute Gasteiger partial charge is 0.341 e. The van der Waals surface area contributed by atoms with Gasteiger partial charge in [0.2, 0.25) is 0 Å². The lowest BCUT2D eigenvalue weighted by Gasteiger charge is -2.26. The zero-order chi connectivity index (χ0) is 13.1. The third-order valence-electron chi connectivity index (χ3n) is 3.48. The number of nitrogens with one attached hydrogen (secondary N) is 2. The number of hydrogen-bond donors (Lipinski definition) is 2. The van der Waals surface area contributed by atoms with Crippen LogP contribution in [0.5, 0.6) is 0 Å². The van der Waals surface area contributed by atoms with Crippen LogP contribution in [-0.4, -0.2) is 50.8 Å². The van der Waals surface area contributed by atoms with Gasteiger partial charge in [-0.1, -0.05) is 0 Å². The van der Waals surface area contributed by atoms with E-state index >= 15 is 0 Å². The SMILES string of the molecule is CCn1cc(-c2cnc(CN3CCNCC3)[nH]2)cn1. The smallest absolute Gasteiger partial charge is 0.120 e. The van der Waals surface area contributed by atoms with Crippen LogP contribution >= 0.6 is 0 Å². The van der Waals surface area contributed by atoms with Crippen molar-refractivity contribution in [1.29, 1.82) is 0 Å². The van der Waals surface area contributed by atoms with Crippen LogP contribution in [0.1, 0.15) is 12.7 Å². The third-order valence-corrected chi connectivity index (χ3v) is 3.48. The molecule has 1 saturated heterocycles. The summed E-state index contributed by atoms with van der Waals surface area (Å²) in [4.78, 5) is 10.3. The molecule has 0 aliphatic carbocycles. The van der Waals surface area contributed by atoms with Gasteiger partial charge in [-0.2, -0.15) is 5.10 Å². The first-order chi connectivity index (χ1) is 9.35. The summed E-state index contributed by atoms with van der Waals surface area (Å²) in [6, 6.07) is 0. The molecule has 2 aromatic rings. The summed E-state index contributed by atoms with van der Waals surface area (Å²) in [7, 11) is 0. The molecule has 0 amide bonds. The molecule has 2 N–H and O–H groups in total. The quantitative estimate of drug-likeness (QED) is 0.849. The minimum absolute atomic E-state index is 0.891. The highest BCUT2D eigenvalue weighted by molar-refractivity contribution is 5.55. The third kappa shape index (κ3) is 2.85. The van der Waals surface area contributed by atoms with Gasteiger partial charge in [0.05, 0.1) is 24.6 Å². The van der Waals surface area contributed by atoms with Crippen molar-refractivity contribution >= 4 is 0 Å². The number of imidazole rings is 1. The molecule has 1 fully saturated rings. The summed E-state index contributed by atoms with van der Waals surface area (Å²) in [6.07, 6.45) is 5.82. The molecule has 0 atom stereocenters. The highest BCUT2D eigenvalue weighted by atomic mass is 15.3. The Morgan fingerprint density at radius 2 is 2.11 bits per heavy atom. The van der Waals surface area contributed by atoms with Crippen LogP contribution < -0.4 is 5.32 Å². The van der Waals surface area contributed by atoms with Gasteiger partial charge < -0.3 is 10.3 Å². The lowest BCUT2D eigenvalue weighted by Crippen LogP contribution is -2.43. The van der Waals surface area contributed by atoms with Crippen molar-refractivity contribution in [2.45, 2.75) is 20.0 Å². The van der Waals surface area contributed by atoms with E-state index in [4.69, 9.17) is 0 Å². The Hall–Kier alpha value is -1.66. The number of piperazine rings is 1. The molecule has 0 unspecified atom stereocenters. The van der Waals surface area contributed by atoms with Crippen molar-refractivity contribution in [3.05, 3.63) is 24.4 Å². The number of aromatic amines is 1. The van der Waals surface area contributed by atoms with Gasteiger partial charge >= 0.3 is 0 Å². The number of aryl methyl sites for hydroxylation is 1. The van der Waals surface area contributed by atoms with Crippen LogP contribution in [0.2, 0.25) is 0 Å². The Morgan fingerprint density at radius 3 is 2.84 bits per heavy atom. The van der Waals surface area contributed by atoms with E-state index < -0.39 is 0 Å². The number of rotatable bonds is 4. The fraction of sp³-hybridized carbons (Fsp3) is 0.538. The van der Waals surface area contributed by atoms with Gasteiger partial charge in [0.1, 0.15) is 5.82 Å². The first-order valence-corrected chi connectivity index (χ1v) is 6.85. The zero-order valence-corrected chi connectivity index (χ0v) is 11.3. The Morgan fingerprint density at radius 1 is 1.26 bits per heavy atom. The molecule has 1 aliphatic heterocycles.